The molecule has 0 aliphatic rings. The van der Waals surface area contributed by atoms with Gasteiger partial charge in [0.2, 0.25) is 5.89 Å². The molecule has 2 N–H and O–H groups in total. The lowest BCUT2D eigenvalue weighted by Crippen LogP contribution is -2.13. The Morgan fingerprint density at radius 2 is 2.00 bits per heavy atom. The van der Waals surface area contributed by atoms with Crippen LogP contribution in [0.1, 0.15) is 64.2 Å². The second-order valence-corrected chi connectivity index (χ2v) is 4.54. The van der Waals surface area contributed by atoms with Crippen LogP contribution < -0.4 is 5.73 Å². The van der Waals surface area contributed by atoms with Gasteiger partial charge in [-0.1, -0.05) is 32.9 Å². The molecule has 0 spiro atoms. The van der Waals surface area contributed by atoms with Crippen molar-refractivity contribution in [1.29, 1.82) is 0 Å². The summed E-state index contributed by atoms with van der Waals surface area (Å²) >= 11 is 0. The van der Waals surface area contributed by atoms with Crippen LogP contribution in [0.15, 0.2) is 4.52 Å². The highest BCUT2D eigenvalue weighted by Gasteiger charge is 2.18. The van der Waals surface area contributed by atoms with Crippen molar-refractivity contribution >= 4 is 0 Å². The van der Waals surface area contributed by atoms with Crippen molar-refractivity contribution in [2.45, 2.75) is 52.5 Å². The molecule has 0 radical (unpaired) electrons. The highest BCUT2D eigenvalue weighted by Crippen LogP contribution is 2.20. The molecule has 0 aliphatic carbocycles. The molecular formula is C11H21N3O. The van der Waals surface area contributed by atoms with Crippen LogP contribution in [0.3, 0.4) is 0 Å². The molecule has 1 unspecified atom stereocenters. The summed E-state index contributed by atoms with van der Waals surface area (Å²) < 4.78 is 5.16. The third-order valence-corrected chi connectivity index (χ3v) is 2.55. The minimum atomic E-state index is -0.129. The first-order valence-corrected chi connectivity index (χ1v) is 5.63. The molecule has 4 nitrogen and oxygen atoms in total. The Hall–Kier alpha value is -0.900. The molecule has 0 saturated heterocycles. The van der Waals surface area contributed by atoms with E-state index in [4.69, 9.17) is 10.3 Å². The lowest BCUT2D eigenvalue weighted by atomic mass is 10.0. The number of hydrogen-bond donors (Lipinski definition) is 1. The predicted octanol–water partition coefficient (Wildman–Crippen LogP) is 2.63. The van der Waals surface area contributed by atoms with Crippen molar-refractivity contribution in [2.75, 3.05) is 0 Å². The van der Waals surface area contributed by atoms with Crippen LogP contribution in [0.2, 0.25) is 0 Å². The van der Waals surface area contributed by atoms with Gasteiger partial charge in [0, 0.05) is 5.92 Å². The zero-order valence-corrected chi connectivity index (χ0v) is 10.0. The van der Waals surface area contributed by atoms with Gasteiger partial charge in [-0.05, 0) is 18.8 Å². The van der Waals surface area contributed by atoms with E-state index >= 15 is 0 Å². The standard InChI is InChI=1S/C11H21N3O/c1-5-8(4)10-13-11(15-14-10)9(12)6-7(2)3/h7-9H,5-6,12H2,1-4H3/t8?,9-/m1/s1. The normalized spacial score (nSPS) is 15.6. The van der Waals surface area contributed by atoms with E-state index in [1.807, 2.05) is 0 Å². The topological polar surface area (TPSA) is 64.9 Å². The molecule has 15 heavy (non-hydrogen) atoms. The van der Waals surface area contributed by atoms with Gasteiger partial charge >= 0.3 is 0 Å². The minimum absolute atomic E-state index is 0.129. The molecule has 0 bridgehead atoms. The number of nitrogens with two attached hydrogens (primary N) is 1. The maximum atomic E-state index is 5.95. The van der Waals surface area contributed by atoms with Crippen molar-refractivity contribution in [3.8, 4) is 0 Å². The van der Waals surface area contributed by atoms with Crippen molar-refractivity contribution in [3.63, 3.8) is 0 Å². The van der Waals surface area contributed by atoms with E-state index < -0.39 is 0 Å². The average Bonchev–Trinajstić information content (AvgIpc) is 2.64. The van der Waals surface area contributed by atoms with Crippen LogP contribution in [0.25, 0.3) is 0 Å². The second-order valence-electron chi connectivity index (χ2n) is 4.54. The minimum Gasteiger partial charge on any atom is -0.338 e. The Morgan fingerprint density at radius 3 is 2.53 bits per heavy atom. The van der Waals surface area contributed by atoms with E-state index in [9.17, 15) is 0 Å². The van der Waals surface area contributed by atoms with Crippen LogP contribution in [0.5, 0.6) is 0 Å². The van der Waals surface area contributed by atoms with Gasteiger partial charge in [0.05, 0.1) is 6.04 Å². The van der Waals surface area contributed by atoms with E-state index in [-0.39, 0.29) is 6.04 Å². The van der Waals surface area contributed by atoms with Crippen molar-refractivity contribution in [3.05, 3.63) is 11.7 Å². The molecule has 0 fully saturated rings. The third-order valence-electron chi connectivity index (χ3n) is 2.55. The smallest absolute Gasteiger partial charge is 0.243 e. The zero-order valence-electron chi connectivity index (χ0n) is 10.0. The van der Waals surface area contributed by atoms with Crippen molar-refractivity contribution in [2.24, 2.45) is 11.7 Å². The fourth-order valence-electron chi connectivity index (χ4n) is 1.39. The maximum absolute atomic E-state index is 5.95. The number of aromatic nitrogens is 2. The molecule has 0 aliphatic heterocycles. The Balaban J connectivity index is 2.66. The number of rotatable bonds is 5. The first kappa shape index (κ1) is 12.2. The highest BCUT2D eigenvalue weighted by atomic mass is 16.5. The summed E-state index contributed by atoms with van der Waals surface area (Å²) in [4.78, 5) is 4.33. The second kappa shape index (κ2) is 5.26. The lowest BCUT2D eigenvalue weighted by Gasteiger charge is -2.08. The van der Waals surface area contributed by atoms with Gasteiger partial charge in [-0.2, -0.15) is 4.98 Å². The van der Waals surface area contributed by atoms with Gasteiger partial charge in [0.25, 0.3) is 0 Å². The van der Waals surface area contributed by atoms with E-state index in [0.717, 1.165) is 18.7 Å². The van der Waals surface area contributed by atoms with Crippen molar-refractivity contribution < 1.29 is 4.52 Å². The summed E-state index contributed by atoms with van der Waals surface area (Å²) in [6, 6.07) is -0.129. The predicted molar refractivity (Wildman–Crippen MR) is 59.4 cm³/mol. The Morgan fingerprint density at radius 1 is 1.33 bits per heavy atom. The first-order valence-electron chi connectivity index (χ1n) is 5.63. The molecule has 1 aromatic heterocycles. The Bertz CT molecular complexity index is 296. The lowest BCUT2D eigenvalue weighted by molar-refractivity contribution is 0.331. The summed E-state index contributed by atoms with van der Waals surface area (Å²) in [6.45, 7) is 8.45. The molecule has 4 heteroatoms. The van der Waals surface area contributed by atoms with E-state index in [1.54, 1.807) is 0 Å². The monoisotopic (exact) mass is 211 g/mol. The molecule has 0 aromatic carbocycles. The fourth-order valence-corrected chi connectivity index (χ4v) is 1.39. The van der Waals surface area contributed by atoms with Gasteiger partial charge in [-0.3, -0.25) is 0 Å². The molecule has 1 heterocycles. The molecule has 1 aromatic rings. The number of hydrogen-bond acceptors (Lipinski definition) is 4. The van der Waals surface area contributed by atoms with E-state index in [2.05, 4.69) is 37.8 Å². The SMILES string of the molecule is CCC(C)c1noc([C@H](N)CC(C)C)n1. The van der Waals surface area contributed by atoms with Crippen LogP contribution in [-0.4, -0.2) is 10.1 Å². The summed E-state index contributed by atoms with van der Waals surface area (Å²) in [6.07, 6.45) is 1.89. The molecule has 2 atom stereocenters. The van der Waals surface area contributed by atoms with Gasteiger partial charge in [-0.25, -0.2) is 0 Å². The van der Waals surface area contributed by atoms with Crippen LogP contribution in [0, 0.1) is 5.92 Å². The van der Waals surface area contributed by atoms with E-state index in [1.165, 1.54) is 0 Å². The summed E-state index contributed by atoms with van der Waals surface area (Å²) in [5, 5.41) is 3.95. The van der Waals surface area contributed by atoms with Gasteiger partial charge in [-0.15, -0.1) is 0 Å². The maximum Gasteiger partial charge on any atom is 0.243 e. The molecule has 0 saturated carbocycles. The third kappa shape index (κ3) is 3.30. The van der Waals surface area contributed by atoms with Gasteiger partial charge < -0.3 is 10.3 Å². The molecule has 0 amide bonds. The average molecular weight is 211 g/mol. The van der Waals surface area contributed by atoms with Gasteiger partial charge in [0.1, 0.15) is 0 Å². The molecule has 86 valence electrons. The zero-order chi connectivity index (χ0) is 11.4. The van der Waals surface area contributed by atoms with Crippen molar-refractivity contribution in [1.82, 2.24) is 10.1 Å². The van der Waals surface area contributed by atoms with Crippen LogP contribution >= 0.6 is 0 Å². The highest BCUT2D eigenvalue weighted by molar-refractivity contribution is 4.96. The Kier molecular flexibility index (Phi) is 4.27. The first-order chi connectivity index (χ1) is 7.04. The summed E-state index contributed by atoms with van der Waals surface area (Å²) in [5.41, 5.74) is 5.95. The summed E-state index contributed by atoms with van der Waals surface area (Å²) in [7, 11) is 0. The van der Waals surface area contributed by atoms with E-state index in [0.29, 0.717) is 17.7 Å². The van der Waals surface area contributed by atoms with Crippen LogP contribution in [0.4, 0.5) is 0 Å². The quantitative estimate of drug-likeness (QED) is 0.813. The Labute approximate surface area is 91.2 Å². The largest absolute Gasteiger partial charge is 0.338 e. The molecule has 1 rings (SSSR count). The van der Waals surface area contributed by atoms with Gasteiger partial charge in [0.15, 0.2) is 5.82 Å². The summed E-state index contributed by atoms with van der Waals surface area (Å²) in [5.74, 6) is 2.22. The fraction of sp³-hybridized carbons (Fsp3) is 0.818. The molecular weight excluding hydrogens is 190 g/mol. The number of nitrogens with zero attached hydrogens (tertiary/aromatic N) is 2. The van der Waals surface area contributed by atoms with Crippen LogP contribution in [-0.2, 0) is 0 Å².